The van der Waals surface area contributed by atoms with Crippen LogP contribution >= 0.6 is 15.9 Å². The van der Waals surface area contributed by atoms with Crippen molar-refractivity contribution in [2.45, 2.75) is 19.8 Å². The van der Waals surface area contributed by atoms with E-state index in [1.54, 1.807) is 6.08 Å². The summed E-state index contributed by atoms with van der Waals surface area (Å²) in [5, 5.41) is 11.3. The summed E-state index contributed by atoms with van der Waals surface area (Å²) in [6.45, 7) is 2.40. The molecule has 0 fully saturated rings. The second-order valence-corrected chi connectivity index (χ2v) is 5.58. The Morgan fingerprint density at radius 3 is 2.60 bits per heavy atom. The van der Waals surface area contributed by atoms with Crippen LogP contribution in [0.2, 0.25) is 0 Å². The summed E-state index contributed by atoms with van der Waals surface area (Å²) >= 11 is 3.35. The zero-order valence-corrected chi connectivity index (χ0v) is 12.9. The van der Waals surface area contributed by atoms with E-state index < -0.39 is 5.97 Å². The monoisotopic (exact) mass is 339 g/mol. The molecular formula is C15H18BrNO3. The molecule has 0 aromatic heterocycles. The molecule has 0 spiro atoms. The molecule has 4 nitrogen and oxygen atoms in total. The third kappa shape index (κ3) is 7.09. The average molecular weight is 340 g/mol. The molecule has 0 radical (unpaired) electrons. The third-order valence-electron chi connectivity index (χ3n) is 2.77. The number of aliphatic carboxylic acids is 1. The van der Waals surface area contributed by atoms with Crippen molar-refractivity contribution in [2.75, 3.05) is 6.54 Å². The number of rotatable bonds is 7. The number of amides is 1. The summed E-state index contributed by atoms with van der Waals surface area (Å²) in [7, 11) is 0. The maximum Gasteiger partial charge on any atom is 0.303 e. The SMILES string of the molecule is CC(CCC(=O)O)CNC(=O)/C=C/c1ccc(Br)cc1. The van der Waals surface area contributed by atoms with Crippen LogP contribution in [0, 0.1) is 5.92 Å². The number of hydrogen-bond donors (Lipinski definition) is 2. The smallest absolute Gasteiger partial charge is 0.303 e. The number of carbonyl (C=O) groups excluding carboxylic acids is 1. The van der Waals surface area contributed by atoms with Crippen LogP contribution in [-0.4, -0.2) is 23.5 Å². The van der Waals surface area contributed by atoms with Crippen LogP contribution in [-0.2, 0) is 9.59 Å². The van der Waals surface area contributed by atoms with Gasteiger partial charge in [-0.1, -0.05) is 35.0 Å². The summed E-state index contributed by atoms with van der Waals surface area (Å²) in [6, 6.07) is 7.63. The first-order valence-electron chi connectivity index (χ1n) is 6.40. The van der Waals surface area contributed by atoms with E-state index >= 15 is 0 Å². The van der Waals surface area contributed by atoms with Crippen molar-refractivity contribution < 1.29 is 14.7 Å². The Kier molecular flexibility index (Phi) is 7.01. The van der Waals surface area contributed by atoms with Crippen LogP contribution in [0.25, 0.3) is 6.08 Å². The molecule has 1 aromatic rings. The van der Waals surface area contributed by atoms with Gasteiger partial charge in [-0.25, -0.2) is 0 Å². The number of halogens is 1. The van der Waals surface area contributed by atoms with Crippen LogP contribution in [0.5, 0.6) is 0 Å². The van der Waals surface area contributed by atoms with Gasteiger partial charge in [0.2, 0.25) is 5.91 Å². The molecule has 20 heavy (non-hydrogen) atoms. The van der Waals surface area contributed by atoms with E-state index in [2.05, 4.69) is 21.2 Å². The van der Waals surface area contributed by atoms with Gasteiger partial charge in [0.05, 0.1) is 0 Å². The number of carbonyl (C=O) groups is 2. The Balaban J connectivity index is 2.32. The standard InChI is InChI=1S/C15H18BrNO3/c1-11(2-9-15(19)20)10-17-14(18)8-5-12-3-6-13(16)7-4-12/h3-8,11H,2,9-10H2,1H3,(H,17,18)(H,19,20)/b8-5+. The van der Waals surface area contributed by atoms with Gasteiger partial charge >= 0.3 is 5.97 Å². The van der Waals surface area contributed by atoms with E-state index in [4.69, 9.17) is 5.11 Å². The summed E-state index contributed by atoms with van der Waals surface area (Å²) in [5.74, 6) is -0.829. The number of carboxylic acid groups (broad SMARTS) is 1. The minimum absolute atomic E-state index is 0.131. The van der Waals surface area contributed by atoms with E-state index in [1.807, 2.05) is 31.2 Å². The Morgan fingerprint density at radius 2 is 2.00 bits per heavy atom. The minimum atomic E-state index is -0.807. The minimum Gasteiger partial charge on any atom is -0.481 e. The zero-order valence-electron chi connectivity index (χ0n) is 11.3. The molecular weight excluding hydrogens is 322 g/mol. The molecule has 0 aliphatic heterocycles. The lowest BCUT2D eigenvalue weighted by atomic mass is 10.1. The van der Waals surface area contributed by atoms with Gasteiger partial charge in [0.25, 0.3) is 0 Å². The van der Waals surface area contributed by atoms with Crippen LogP contribution < -0.4 is 5.32 Å². The topological polar surface area (TPSA) is 66.4 Å². The Labute approximate surface area is 127 Å². The van der Waals surface area contributed by atoms with Gasteiger partial charge in [-0.15, -0.1) is 0 Å². The van der Waals surface area contributed by atoms with Crippen molar-refractivity contribution in [1.29, 1.82) is 0 Å². The van der Waals surface area contributed by atoms with E-state index in [0.717, 1.165) is 10.0 Å². The molecule has 1 rings (SSSR count). The molecule has 1 aromatic carbocycles. The van der Waals surface area contributed by atoms with Gasteiger partial charge in [0.15, 0.2) is 0 Å². The largest absolute Gasteiger partial charge is 0.481 e. The van der Waals surface area contributed by atoms with Gasteiger partial charge < -0.3 is 10.4 Å². The summed E-state index contributed by atoms with van der Waals surface area (Å²) in [4.78, 5) is 22.0. The van der Waals surface area contributed by atoms with Crippen LogP contribution in [0.4, 0.5) is 0 Å². The highest BCUT2D eigenvalue weighted by molar-refractivity contribution is 9.10. The first kappa shape index (κ1) is 16.4. The van der Waals surface area contributed by atoms with E-state index in [-0.39, 0.29) is 18.2 Å². The van der Waals surface area contributed by atoms with Crippen molar-refractivity contribution in [3.8, 4) is 0 Å². The Bertz CT molecular complexity index is 482. The van der Waals surface area contributed by atoms with E-state index in [1.165, 1.54) is 6.08 Å². The maximum atomic E-state index is 11.6. The van der Waals surface area contributed by atoms with Gasteiger partial charge in [-0.3, -0.25) is 9.59 Å². The highest BCUT2D eigenvalue weighted by Gasteiger charge is 2.06. The van der Waals surface area contributed by atoms with Crippen LogP contribution in [0.3, 0.4) is 0 Å². The molecule has 1 amide bonds. The van der Waals surface area contributed by atoms with E-state index in [9.17, 15) is 9.59 Å². The van der Waals surface area contributed by atoms with Crippen molar-refractivity contribution in [2.24, 2.45) is 5.92 Å². The molecule has 0 heterocycles. The zero-order chi connectivity index (χ0) is 15.0. The fourth-order valence-electron chi connectivity index (χ4n) is 1.55. The van der Waals surface area contributed by atoms with Crippen molar-refractivity contribution >= 4 is 33.9 Å². The highest BCUT2D eigenvalue weighted by atomic mass is 79.9. The van der Waals surface area contributed by atoms with Crippen LogP contribution in [0.15, 0.2) is 34.8 Å². The van der Waals surface area contributed by atoms with E-state index in [0.29, 0.717) is 13.0 Å². The Morgan fingerprint density at radius 1 is 1.35 bits per heavy atom. The molecule has 1 atom stereocenters. The number of hydrogen-bond acceptors (Lipinski definition) is 2. The molecule has 0 bridgehead atoms. The maximum absolute atomic E-state index is 11.6. The molecule has 1 unspecified atom stereocenters. The quantitative estimate of drug-likeness (QED) is 0.750. The van der Waals surface area contributed by atoms with Gasteiger partial charge in [-0.2, -0.15) is 0 Å². The summed E-state index contributed by atoms with van der Waals surface area (Å²) in [6.07, 6.45) is 3.91. The fraction of sp³-hybridized carbons (Fsp3) is 0.333. The van der Waals surface area contributed by atoms with Crippen molar-refractivity contribution in [3.63, 3.8) is 0 Å². The molecule has 0 aliphatic rings. The molecule has 0 saturated carbocycles. The predicted octanol–water partition coefficient (Wildman–Crippen LogP) is 3.08. The lowest BCUT2D eigenvalue weighted by molar-refractivity contribution is -0.137. The number of nitrogens with one attached hydrogen (secondary N) is 1. The number of carboxylic acids is 1. The lowest BCUT2D eigenvalue weighted by Gasteiger charge is -2.09. The van der Waals surface area contributed by atoms with Gasteiger partial charge in [-0.05, 0) is 36.1 Å². The average Bonchev–Trinajstić information content (AvgIpc) is 2.42. The Hall–Kier alpha value is -1.62. The van der Waals surface area contributed by atoms with Crippen molar-refractivity contribution in [1.82, 2.24) is 5.32 Å². The van der Waals surface area contributed by atoms with Gasteiger partial charge in [0, 0.05) is 23.5 Å². The van der Waals surface area contributed by atoms with Crippen LogP contribution in [0.1, 0.15) is 25.3 Å². The first-order chi connectivity index (χ1) is 9.47. The molecule has 0 saturated heterocycles. The molecule has 2 N–H and O–H groups in total. The normalized spacial score (nSPS) is 12.3. The fourth-order valence-corrected chi connectivity index (χ4v) is 1.82. The highest BCUT2D eigenvalue weighted by Crippen LogP contribution is 2.11. The first-order valence-corrected chi connectivity index (χ1v) is 7.20. The molecule has 108 valence electrons. The molecule has 5 heteroatoms. The third-order valence-corrected chi connectivity index (χ3v) is 3.30. The predicted molar refractivity (Wildman–Crippen MR) is 82.2 cm³/mol. The molecule has 0 aliphatic carbocycles. The second-order valence-electron chi connectivity index (χ2n) is 4.67. The van der Waals surface area contributed by atoms with Crippen molar-refractivity contribution in [3.05, 3.63) is 40.4 Å². The number of benzene rings is 1. The summed E-state index contributed by atoms with van der Waals surface area (Å²) in [5.41, 5.74) is 0.947. The second kappa shape index (κ2) is 8.53. The summed E-state index contributed by atoms with van der Waals surface area (Å²) < 4.78 is 0.992. The van der Waals surface area contributed by atoms with Gasteiger partial charge in [0.1, 0.15) is 0 Å². The lowest BCUT2D eigenvalue weighted by Crippen LogP contribution is -2.26.